The molecule has 0 fully saturated rings. The third kappa shape index (κ3) is 1040. The summed E-state index contributed by atoms with van der Waals surface area (Å²) < 4.78 is 0. The molecule has 0 radical (unpaired) electrons. The van der Waals surface area contributed by atoms with Crippen molar-refractivity contribution in [2.24, 2.45) is 32.5 Å². The molecule has 0 aromatic rings. The monoisotopic (exact) mass is 5010 g/mol. The second kappa shape index (κ2) is 160. The van der Waals surface area contributed by atoms with E-state index in [9.17, 15) is 0 Å². The van der Waals surface area contributed by atoms with Crippen LogP contribution >= 0.6 is 591 Å². The van der Waals surface area contributed by atoms with E-state index in [1.165, 1.54) is 0 Å². The van der Waals surface area contributed by atoms with Gasteiger partial charge in [-0.05, 0) is 32.5 Å². The molecule has 0 aromatic heterocycles. The molecule has 0 bridgehead atoms. The first-order valence-electron chi connectivity index (χ1n) is 14.6. The van der Waals surface area contributed by atoms with Crippen LogP contribution < -0.4 is 79.5 Å². The summed E-state index contributed by atoms with van der Waals surface area (Å²) in [5.74, 6) is 0. The fourth-order valence-electron chi connectivity index (χ4n) is 0. The Balaban J connectivity index is -0.0000000129. The van der Waals surface area contributed by atoms with E-state index in [0.29, 0.717) is 112 Å². The molecule has 456 valence electrons. The van der Waals surface area contributed by atoms with E-state index < -0.39 is 0 Å². The van der Waals surface area contributed by atoms with Gasteiger partial charge in [0, 0.05) is 223 Å². The van der Waals surface area contributed by atoms with Crippen molar-refractivity contribution in [2.75, 3.05) is 0 Å². The third-order valence-electron chi connectivity index (χ3n) is 0. The van der Waals surface area contributed by atoms with Crippen molar-refractivity contribution in [1.29, 1.82) is 0 Å². The van der Waals surface area contributed by atoms with Gasteiger partial charge < -0.3 is 0 Å². The van der Waals surface area contributed by atoms with Crippen LogP contribution in [0.1, 0.15) is 166 Å². The SMILES string of the molecule is CC(C)(C)C.CC(C)(C)C.CC(C)(C)C.CC(C)(C)C.CC(C)(C)C.CC(C)(C)C.I.I.I.I.I.I.II.II.II.II.II.II.I[I-]I.I[I-]I.I[I-]I.I[I-]I.I[I-]I.I[I-]I. The van der Waals surface area contributed by atoms with Crippen LogP contribution in [0.25, 0.3) is 0 Å². The van der Waals surface area contributed by atoms with Crippen LogP contribution in [-0.4, -0.2) is 0 Å². The van der Waals surface area contributed by atoms with Gasteiger partial charge in [-0.15, -0.1) is 144 Å². The molecule has 0 nitrogen and oxygen atoms in total. The summed E-state index contributed by atoms with van der Waals surface area (Å²) in [7, 11) is 0. The second-order valence-corrected chi connectivity index (χ2v) is 116. The van der Waals surface area contributed by atoms with E-state index in [0.717, 1.165) is 0 Å². The van der Waals surface area contributed by atoms with Crippen LogP contribution in [0.5, 0.6) is 0 Å². The molecular formula is C30H78I36-6. The van der Waals surface area contributed by atoms with Gasteiger partial charge in [0.1, 0.15) is 0 Å². The third-order valence-corrected chi connectivity index (χ3v) is 0. The van der Waals surface area contributed by atoms with E-state index >= 15 is 0 Å². The zero-order valence-corrected chi connectivity index (χ0v) is 119. The van der Waals surface area contributed by atoms with Gasteiger partial charge >= 0.3 is 303 Å². The van der Waals surface area contributed by atoms with E-state index in [1.807, 2.05) is 0 Å². The van der Waals surface area contributed by atoms with Crippen molar-refractivity contribution >= 4 is 591 Å². The fraction of sp³-hybridized carbons (Fsp3) is 1.00. The number of hydrogen-bond donors (Lipinski definition) is 0. The fourth-order valence-corrected chi connectivity index (χ4v) is 0. The Morgan fingerprint density at radius 2 is 0.152 bits per heavy atom. The van der Waals surface area contributed by atoms with E-state index in [-0.39, 0.29) is 144 Å². The van der Waals surface area contributed by atoms with Crippen LogP contribution in [0.4, 0.5) is 0 Å². The van der Waals surface area contributed by atoms with Crippen LogP contribution in [-0.2, 0) is 0 Å². The van der Waals surface area contributed by atoms with Gasteiger partial charge in [0.25, 0.3) is 0 Å². The molecule has 0 atom stereocenters. The summed E-state index contributed by atoms with van der Waals surface area (Å²) in [6.45, 7) is 52.5. The number of halogens is 36. The van der Waals surface area contributed by atoms with Crippen molar-refractivity contribution in [3.8, 4) is 0 Å². The Bertz CT molecular complexity index is 317. The van der Waals surface area contributed by atoms with Gasteiger partial charge in [-0.2, -0.15) is 0 Å². The molecule has 0 saturated carbocycles. The van der Waals surface area contributed by atoms with Crippen LogP contribution in [0.2, 0.25) is 0 Å². The summed E-state index contributed by atoms with van der Waals surface area (Å²) in [5, 5.41) is 0. The van der Waals surface area contributed by atoms with Gasteiger partial charge in [0.2, 0.25) is 0 Å². The summed E-state index contributed by atoms with van der Waals surface area (Å²) >= 11 is 57.2. The van der Waals surface area contributed by atoms with E-state index in [1.54, 1.807) is 0 Å². The Hall–Kier alpha value is 26.3. The van der Waals surface area contributed by atoms with E-state index in [2.05, 4.69) is 613 Å². The Morgan fingerprint density at radius 1 is 0.152 bits per heavy atom. The average molecular weight is 5010 g/mol. The van der Waals surface area contributed by atoms with Gasteiger partial charge in [0.05, 0.1) is 0 Å². The van der Waals surface area contributed by atoms with Crippen molar-refractivity contribution in [2.45, 2.75) is 166 Å². The topological polar surface area (TPSA) is 0 Å². The first-order chi connectivity index (χ1) is 26.5. The molecule has 36 heteroatoms. The van der Waals surface area contributed by atoms with Crippen molar-refractivity contribution in [3.05, 3.63) is 0 Å². The molecule has 0 amide bonds. The molecule has 0 N–H and O–H groups in total. The molecule has 0 unspecified atom stereocenters. The molecule has 0 heterocycles. The molecule has 0 aromatic carbocycles. The number of hydrogen-bond acceptors (Lipinski definition) is 0. The molecule has 0 aliphatic rings. The van der Waals surface area contributed by atoms with Crippen molar-refractivity contribution in [3.63, 3.8) is 0 Å². The van der Waals surface area contributed by atoms with Crippen molar-refractivity contribution in [1.82, 2.24) is 0 Å². The second-order valence-electron chi connectivity index (χ2n) is 18.3. The van der Waals surface area contributed by atoms with Gasteiger partial charge in [0.15, 0.2) is 0 Å². The quantitative estimate of drug-likeness (QED) is 0.212. The first kappa shape index (κ1) is 165. The normalized spacial score (nSPS) is 8.00. The summed E-state index contributed by atoms with van der Waals surface area (Å²) in [5.41, 5.74) is 3.00. The molecular weight excluding hydrogens is 4930 g/mol. The minimum atomic E-state index is 0. The van der Waals surface area contributed by atoms with Crippen LogP contribution in [0.15, 0.2) is 0 Å². The Labute approximate surface area is 839 Å². The van der Waals surface area contributed by atoms with Crippen LogP contribution in [0, 0.1) is 32.5 Å². The Kier molecular flexibility index (Phi) is 399. The maximum absolute atomic E-state index is 2.39. The van der Waals surface area contributed by atoms with Gasteiger partial charge in [-0.3, -0.25) is 0 Å². The minimum absolute atomic E-state index is 0. The first-order valence-corrected chi connectivity index (χ1v) is 128. The number of rotatable bonds is 0. The standard InChI is InChI=1S/6C5H12.6I3.6I2.6HI/c6*1-5(2,3)4;6*1-3-2;6*1-2;;;;;;/h6*1-4H3;;;;;;;;;;;;;6*1H/q;;;;;;6*-1;;;;;;;;;;;;. The molecule has 0 aliphatic carbocycles. The van der Waals surface area contributed by atoms with Crippen LogP contribution in [0.3, 0.4) is 0 Å². The predicted octanol–water partition coefficient (Wildman–Crippen LogP) is 19.3. The van der Waals surface area contributed by atoms with Crippen molar-refractivity contribution < 1.29 is 79.5 Å². The molecule has 0 saturated heterocycles. The maximum atomic E-state index is 2.39. The summed E-state index contributed by atoms with van der Waals surface area (Å²) in [6.07, 6.45) is 0. The zero-order valence-electron chi connectivity index (χ0n) is 40.8. The predicted molar refractivity (Wildman–Crippen MR) is 580 cm³/mol. The molecule has 0 aliphatic heterocycles. The van der Waals surface area contributed by atoms with Gasteiger partial charge in [-0.1, -0.05) is 166 Å². The van der Waals surface area contributed by atoms with Gasteiger partial charge in [-0.25, -0.2) is 0 Å². The molecule has 0 rings (SSSR count). The molecule has 66 heavy (non-hydrogen) atoms. The molecule has 0 spiro atoms. The Morgan fingerprint density at radius 3 is 0.152 bits per heavy atom. The summed E-state index contributed by atoms with van der Waals surface area (Å²) in [4.78, 5) is 0. The average Bonchev–Trinajstić information content (AvgIpc) is 3.01. The zero-order chi connectivity index (χ0) is 55.2. The summed E-state index contributed by atoms with van der Waals surface area (Å²) in [6, 6.07) is 0. The van der Waals surface area contributed by atoms with E-state index in [4.69, 9.17) is 0 Å².